The van der Waals surface area contributed by atoms with Crippen molar-refractivity contribution in [2.24, 2.45) is 5.73 Å². The summed E-state index contributed by atoms with van der Waals surface area (Å²) < 4.78 is 12.6. The molecule has 0 heterocycles. The smallest absolute Gasteiger partial charge is 0.123 e. The van der Waals surface area contributed by atoms with Gasteiger partial charge in [0.1, 0.15) is 5.82 Å². The molecule has 0 amide bonds. The Labute approximate surface area is 89.7 Å². The molecule has 2 rings (SSSR count). The monoisotopic (exact) mass is 208 g/mol. The number of nitrogens with one attached hydrogen (secondary N) is 1. The molecule has 3 N–H and O–H groups in total. The second kappa shape index (κ2) is 4.73. The normalized spacial score (nSPS) is 25.7. The minimum absolute atomic E-state index is 0.184. The van der Waals surface area contributed by atoms with Crippen LogP contribution in [0, 0.1) is 5.82 Å². The van der Waals surface area contributed by atoms with E-state index in [4.69, 9.17) is 5.73 Å². The van der Waals surface area contributed by atoms with Crippen LogP contribution in [0.25, 0.3) is 0 Å². The zero-order valence-electron chi connectivity index (χ0n) is 8.75. The van der Waals surface area contributed by atoms with Gasteiger partial charge < -0.3 is 11.1 Å². The van der Waals surface area contributed by atoms with E-state index < -0.39 is 0 Å². The van der Waals surface area contributed by atoms with Gasteiger partial charge in [0, 0.05) is 18.6 Å². The molecule has 3 heteroatoms. The van der Waals surface area contributed by atoms with Crippen LogP contribution in [0.1, 0.15) is 24.8 Å². The molecule has 1 fully saturated rings. The Hall–Kier alpha value is -0.930. The standard InChI is InChI=1S/C12H17FN2/c13-10-6-4-9(5-7-10)8-15-12-3-1-2-11(12)14/h4-7,11-12,15H,1-3,8,14H2/t11-,12+/m1/s1. The maximum Gasteiger partial charge on any atom is 0.123 e. The fourth-order valence-corrected chi connectivity index (χ4v) is 2.09. The molecule has 1 aliphatic carbocycles. The van der Waals surface area contributed by atoms with Gasteiger partial charge >= 0.3 is 0 Å². The highest BCUT2D eigenvalue weighted by Crippen LogP contribution is 2.17. The molecule has 1 aromatic carbocycles. The molecule has 15 heavy (non-hydrogen) atoms. The summed E-state index contributed by atoms with van der Waals surface area (Å²) >= 11 is 0. The molecule has 82 valence electrons. The SMILES string of the molecule is N[C@@H]1CCC[C@@H]1NCc1ccc(F)cc1. The first-order valence-electron chi connectivity index (χ1n) is 5.49. The van der Waals surface area contributed by atoms with Crippen LogP contribution < -0.4 is 11.1 Å². The van der Waals surface area contributed by atoms with E-state index in [2.05, 4.69) is 5.32 Å². The molecular formula is C12H17FN2. The summed E-state index contributed by atoms with van der Waals surface area (Å²) in [5.41, 5.74) is 7.05. The number of rotatable bonds is 3. The Bertz CT molecular complexity index is 310. The van der Waals surface area contributed by atoms with Gasteiger partial charge in [-0.05, 0) is 30.5 Å². The van der Waals surface area contributed by atoms with Gasteiger partial charge in [-0.15, -0.1) is 0 Å². The summed E-state index contributed by atoms with van der Waals surface area (Å²) in [6.07, 6.45) is 3.48. The Kier molecular flexibility index (Phi) is 3.34. The third kappa shape index (κ3) is 2.76. The van der Waals surface area contributed by atoms with Crippen molar-refractivity contribution in [3.05, 3.63) is 35.6 Å². The van der Waals surface area contributed by atoms with Gasteiger partial charge in [-0.25, -0.2) is 4.39 Å². The van der Waals surface area contributed by atoms with Crippen molar-refractivity contribution in [1.29, 1.82) is 0 Å². The van der Waals surface area contributed by atoms with Gasteiger partial charge in [0.15, 0.2) is 0 Å². The first-order chi connectivity index (χ1) is 7.25. The summed E-state index contributed by atoms with van der Waals surface area (Å²) in [6.45, 7) is 0.776. The topological polar surface area (TPSA) is 38.0 Å². The summed E-state index contributed by atoms with van der Waals surface area (Å²) in [5.74, 6) is -0.184. The molecule has 1 aliphatic rings. The highest BCUT2D eigenvalue weighted by atomic mass is 19.1. The van der Waals surface area contributed by atoms with E-state index >= 15 is 0 Å². The van der Waals surface area contributed by atoms with Crippen LogP contribution in [0.3, 0.4) is 0 Å². The summed E-state index contributed by atoms with van der Waals surface area (Å²) in [7, 11) is 0. The lowest BCUT2D eigenvalue weighted by atomic mass is 10.1. The van der Waals surface area contributed by atoms with Gasteiger partial charge in [0.05, 0.1) is 0 Å². The number of nitrogens with two attached hydrogens (primary N) is 1. The van der Waals surface area contributed by atoms with Gasteiger partial charge in [0.25, 0.3) is 0 Å². The number of halogens is 1. The van der Waals surface area contributed by atoms with Crippen LogP contribution in [-0.2, 0) is 6.54 Å². The second-order valence-electron chi connectivity index (χ2n) is 4.21. The summed E-state index contributed by atoms with van der Waals surface area (Å²) in [6, 6.07) is 7.31. The molecular weight excluding hydrogens is 191 g/mol. The largest absolute Gasteiger partial charge is 0.326 e. The lowest BCUT2D eigenvalue weighted by molar-refractivity contribution is 0.475. The van der Waals surface area contributed by atoms with E-state index in [1.54, 1.807) is 0 Å². The zero-order valence-corrected chi connectivity index (χ0v) is 8.75. The van der Waals surface area contributed by atoms with E-state index in [-0.39, 0.29) is 11.9 Å². The van der Waals surface area contributed by atoms with Gasteiger partial charge in [-0.3, -0.25) is 0 Å². The van der Waals surface area contributed by atoms with Crippen LogP contribution >= 0.6 is 0 Å². The number of benzene rings is 1. The fraction of sp³-hybridized carbons (Fsp3) is 0.500. The molecule has 2 atom stereocenters. The predicted molar refractivity (Wildman–Crippen MR) is 58.9 cm³/mol. The van der Waals surface area contributed by atoms with Crippen molar-refractivity contribution in [3.8, 4) is 0 Å². The average molecular weight is 208 g/mol. The van der Waals surface area contributed by atoms with Gasteiger partial charge in [0.2, 0.25) is 0 Å². The van der Waals surface area contributed by atoms with Crippen LogP contribution in [0.4, 0.5) is 4.39 Å². The van der Waals surface area contributed by atoms with Crippen LogP contribution in [0.2, 0.25) is 0 Å². The molecule has 0 unspecified atom stereocenters. The van der Waals surface area contributed by atoms with Crippen molar-refractivity contribution < 1.29 is 4.39 Å². The average Bonchev–Trinajstić information content (AvgIpc) is 2.63. The van der Waals surface area contributed by atoms with Crippen molar-refractivity contribution >= 4 is 0 Å². The fourth-order valence-electron chi connectivity index (χ4n) is 2.09. The molecule has 0 aromatic heterocycles. The molecule has 0 aliphatic heterocycles. The molecule has 0 bridgehead atoms. The van der Waals surface area contributed by atoms with E-state index in [9.17, 15) is 4.39 Å². The molecule has 1 aromatic rings. The third-order valence-corrected chi connectivity index (χ3v) is 3.05. The third-order valence-electron chi connectivity index (χ3n) is 3.05. The second-order valence-corrected chi connectivity index (χ2v) is 4.21. The summed E-state index contributed by atoms with van der Waals surface area (Å²) in [4.78, 5) is 0. The lowest BCUT2D eigenvalue weighted by Gasteiger charge is -2.17. The molecule has 1 saturated carbocycles. The Morgan fingerprint density at radius 3 is 2.60 bits per heavy atom. The van der Waals surface area contributed by atoms with E-state index in [0.717, 1.165) is 24.9 Å². The lowest BCUT2D eigenvalue weighted by Crippen LogP contribution is -2.40. The van der Waals surface area contributed by atoms with Crippen molar-refractivity contribution in [2.75, 3.05) is 0 Å². The zero-order chi connectivity index (χ0) is 10.7. The predicted octanol–water partition coefficient (Wildman–Crippen LogP) is 1.80. The van der Waals surface area contributed by atoms with Crippen LogP contribution in [-0.4, -0.2) is 12.1 Å². The molecule has 2 nitrogen and oxygen atoms in total. The van der Waals surface area contributed by atoms with Gasteiger partial charge in [-0.1, -0.05) is 18.6 Å². The van der Waals surface area contributed by atoms with Crippen molar-refractivity contribution in [1.82, 2.24) is 5.32 Å². The first kappa shape index (κ1) is 10.6. The Balaban J connectivity index is 1.85. The number of hydrogen-bond donors (Lipinski definition) is 2. The quantitative estimate of drug-likeness (QED) is 0.794. The minimum Gasteiger partial charge on any atom is -0.326 e. The highest BCUT2D eigenvalue weighted by molar-refractivity contribution is 5.15. The number of hydrogen-bond acceptors (Lipinski definition) is 2. The molecule has 0 radical (unpaired) electrons. The van der Waals surface area contributed by atoms with E-state index in [1.165, 1.54) is 18.6 Å². The Morgan fingerprint density at radius 2 is 2.00 bits per heavy atom. The van der Waals surface area contributed by atoms with Crippen LogP contribution in [0.15, 0.2) is 24.3 Å². The first-order valence-corrected chi connectivity index (χ1v) is 5.49. The highest BCUT2D eigenvalue weighted by Gasteiger charge is 2.22. The van der Waals surface area contributed by atoms with Gasteiger partial charge in [-0.2, -0.15) is 0 Å². The Morgan fingerprint density at radius 1 is 1.27 bits per heavy atom. The van der Waals surface area contributed by atoms with Crippen molar-refractivity contribution in [2.45, 2.75) is 37.9 Å². The maximum absolute atomic E-state index is 12.6. The molecule has 0 spiro atoms. The maximum atomic E-state index is 12.6. The van der Waals surface area contributed by atoms with E-state index in [0.29, 0.717) is 6.04 Å². The molecule has 0 saturated heterocycles. The van der Waals surface area contributed by atoms with E-state index in [1.807, 2.05) is 12.1 Å². The minimum atomic E-state index is -0.184. The summed E-state index contributed by atoms with van der Waals surface area (Å²) in [5, 5.41) is 3.42. The van der Waals surface area contributed by atoms with Crippen molar-refractivity contribution in [3.63, 3.8) is 0 Å². The van der Waals surface area contributed by atoms with Crippen LogP contribution in [0.5, 0.6) is 0 Å².